The maximum Gasteiger partial charge on any atom is 0.326 e. The molecule has 2 N–H and O–H groups in total. The van der Waals surface area contributed by atoms with Gasteiger partial charge in [-0.05, 0) is 18.1 Å². The Morgan fingerprint density at radius 1 is 1.40 bits per heavy atom. The third kappa shape index (κ3) is 5.71. The summed E-state index contributed by atoms with van der Waals surface area (Å²) in [4.78, 5) is 22.8. The van der Waals surface area contributed by atoms with Gasteiger partial charge in [-0.15, -0.1) is 0 Å². The minimum atomic E-state index is -1.05. The number of amides is 1. The molecule has 1 aromatic carbocycles. The van der Waals surface area contributed by atoms with Crippen LogP contribution in [0.1, 0.15) is 18.4 Å². The van der Waals surface area contributed by atoms with Gasteiger partial charge in [-0.3, -0.25) is 4.79 Å². The molecule has 20 heavy (non-hydrogen) atoms. The number of aryl methyl sites for hydroxylation is 1. The molecule has 0 fully saturated rings. The predicted molar refractivity (Wildman–Crippen MR) is 78.5 cm³/mol. The van der Waals surface area contributed by atoms with Crippen LogP contribution in [0.4, 0.5) is 0 Å². The molecule has 0 spiro atoms. The van der Waals surface area contributed by atoms with Crippen molar-refractivity contribution >= 4 is 27.8 Å². The Balaban J connectivity index is 2.46. The van der Waals surface area contributed by atoms with Crippen LogP contribution in [0.15, 0.2) is 28.7 Å². The van der Waals surface area contributed by atoms with Crippen LogP contribution in [-0.2, 0) is 20.7 Å². The first kappa shape index (κ1) is 16.7. The SMILES string of the molecule is COCCC(NC(=O)CCc1ccccc1Br)C(=O)O. The lowest BCUT2D eigenvalue weighted by Crippen LogP contribution is -2.41. The lowest BCUT2D eigenvalue weighted by atomic mass is 10.1. The van der Waals surface area contributed by atoms with E-state index in [0.29, 0.717) is 13.0 Å². The minimum absolute atomic E-state index is 0.249. The molecule has 0 heterocycles. The summed E-state index contributed by atoms with van der Waals surface area (Å²) in [5.74, 6) is -1.32. The zero-order valence-electron chi connectivity index (χ0n) is 11.3. The van der Waals surface area contributed by atoms with Gasteiger partial charge in [0.25, 0.3) is 0 Å². The number of aliphatic carboxylic acids is 1. The summed E-state index contributed by atoms with van der Waals surface area (Å²) in [5.41, 5.74) is 1.02. The molecule has 1 aromatic rings. The van der Waals surface area contributed by atoms with Crippen LogP contribution < -0.4 is 5.32 Å². The average Bonchev–Trinajstić information content (AvgIpc) is 2.42. The predicted octanol–water partition coefficient (Wildman–Crippen LogP) is 1.99. The molecular weight excluding hydrogens is 326 g/mol. The molecule has 0 bridgehead atoms. The zero-order valence-corrected chi connectivity index (χ0v) is 12.9. The number of nitrogens with one attached hydrogen (secondary N) is 1. The number of rotatable bonds is 8. The second-order valence-electron chi connectivity index (χ2n) is 4.33. The number of methoxy groups -OCH3 is 1. The van der Waals surface area contributed by atoms with E-state index in [4.69, 9.17) is 9.84 Å². The van der Waals surface area contributed by atoms with Crippen molar-refractivity contribution in [2.75, 3.05) is 13.7 Å². The van der Waals surface area contributed by atoms with Gasteiger partial charge >= 0.3 is 5.97 Å². The van der Waals surface area contributed by atoms with E-state index in [9.17, 15) is 9.59 Å². The fourth-order valence-corrected chi connectivity index (χ4v) is 2.19. The Morgan fingerprint density at radius 3 is 2.70 bits per heavy atom. The Hall–Kier alpha value is -1.40. The number of carboxylic acid groups (broad SMARTS) is 1. The first-order valence-corrected chi connectivity index (χ1v) is 7.08. The lowest BCUT2D eigenvalue weighted by molar-refractivity contribution is -0.142. The molecule has 0 aliphatic rings. The first-order valence-electron chi connectivity index (χ1n) is 6.29. The Kier molecular flexibility index (Phi) is 7.25. The molecule has 5 nitrogen and oxygen atoms in total. The van der Waals surface area contributed by atoms with E-state index in [0.717, 1.165) is 10.0 Å². The van der Waals surface area contributed by atoms with Gasteiger partial charge in [0.2, 0.25) is 5.91 Å². The van der Waals surface area contributed by atoms with Crippen LogP contribution in [0.25, 0.3) is 0 Å². The van der Waals surface area contributed by atoms with Gasteiger partial charge in [0.05, 0.1) is 0 Å². The van der Waals surface area contributed by atoms with Gasteiger partial charge in [-0.25, -0.2) is 4.79 Å². The van der Waals surface area contributed by atoms with E-state index in [1.807, 2.05) is 24.3 Å². The zero-order chi connectivity index (χ0) is 15.0. The van der Waals surface area contributed by atoms with E-state index in [2.05, 4.69) is 21.2 Å². The highest BCUT2D eigenvalue weighted by atomic mass is 79.9. The molecule has 0 aliphatic heterocycles. The van der Waals surface area contributed by atoms with Crippen molar-refractivity contribution in [2.24, 2.45) is 0 Å². The number of benzene rings is 1. The molecule has 110 valence electrons. The Bertz CT molecular complexity index is 464. The summed E-state index contributed by atoms with van der Waals surface area (Å²) in [7, 11) is 1.49. The molecule has 1 amide bonds. The van der Waals surface area contributed by atoms with E-state index in [1.165, 1.54) is 7.11 Å². The fraction of sp³-hybridized carbons (Fsp3) is 0.429. The van der Waals surface area contributed by atoms with Crippen molar-refractivity contribution in [3.63, 3.8) is 0 Å². The molecule has 0 saturated carbocycles. The van der Waals surface area contributed by atoms with Crippen molar-refractivity contribution in [3.05, 3.63) is 34.3 Å². The number of hydrogen-bond donors (Lipinski definition) is 2. The number of carbonyl (C=O) groups excluding carboxylic acids is 1. The van der Waals surface area contributed by atoms with Crippen molar-refractivity contribution in [1.29, 1.82) is 0 Å². The summed E-state index contributed by atoms with van der Waals surface area (Å²) in [5, 5.41) is 11.5. The van der Waals surface area contributed by atoms with E-state index < -0.39 is 12.0 Å². The third-order valence-electron chi connectivity index (χ3n) is 2.82. The van der Waals surface area contributed by atoms with Crippen molar-refractivity contribution in [2.45, 2.75) is 25.3 Å². The maximum atomic E-state index is 11.8. The van der Waals surface area contributed by atoms with Crippen LogP contribution in [0.5, 0.6) is 0 Å². The summed E-state index contributed by atoms with van der Waals surface area (Å²) >= 11 is 3.41. The lowest BCUT2D eigenvalue weighted by Gasteiger charge is -2.14. The van der Waals surface area contributed by atoms with Crippen molar-refractivity contribution in [3.8, 4) is 0 Å². The maximum absolute atomic E-state index is 11.8. The van der Waals surface area contributed by atoms with Gasteiger partial charge < -0.3 is 15.2 Å². The Labute approximate surface area is 126 Å². The number of halogens is 1. The topological polar surface area (TPSA) is 75.6 Å². The Morgan fingerprint density at radius 2 is 2.10 bits per heavy atom. The van der Waals surface area contributed by atoms with Crippen LogP contribution >= 0.6 is 15.9 Å². The third-order valence-corrected chi connectivity index (χ3v) is 3.60. The van der Waals surface area contributed by atoms with Gasteiger partial charge in [0, 0.05) is 31.0 Å². The number of carbonyl (C=O) groups is 2. The van der Waals surface area contributed by atoms with Crippen LogP contribution in [-0.4, -0.2) is 36.7 Å². The number of hydrogen-bond acceptors (Lipinski definition) is 3. The van der Waals surface area contributed by atoms with Gasteiger partial charge in [0.15, 0.2) is 0 Å². The number of carboxylic acids is 1. The molecule has 1 atom stereocenters. The molecule has 0 saturated heterocycles. The molecular formula is C14H18BrNO4. The fourth-order valence-electron chi connectivity index (χ4n) is 1.71. The molecule has 1 rings (SSSR count). The summed E-state index contributed by atoms with van der Waals surface area (Å²) in [6, 6.07) is 6.74. The molecule has 0 aromatic heterocycles. The van der Waals surface area contributed by atoms with Gasteiger partial charge in [-0.1, -0.05) is 34.1 Å². The van der Waals surface area contributed by atoms with Crippen molar-refractivity contribution < 1.29 is 19.4 Å². The monoisotopic (exact) mass is 343 g/mol. The summed E-state index contributed by atoms with van der Waals surface area (Å²) < 4.78 is 5.77. The second-order valence-corrected chi connectivity index (χ2v) is 5.19. The van der Waals surface area contributed by atoms with E-state index in [1.54, 1.807) is 0 Å². The van der Waals surface area contributed by atoms with Crippen LogP contribution in [0, 0.1) is 0 Å². The average molecular weight is 344 g/mol. The normalized spacial score (nSPS) is 11.9. The summed E-state index contributed by atoms with van der Waals surface area (Å²) in [6.07, 6.45) is 1.07. The highest BCUT2D eigenvalue weighted by molar-refractivity contribution is 9.10. The number of ether oxygens (including phenoxy) is 1. The standard InChI is InChI=1S/C14H18BrNO4/c1-20-9-8-12(14(18)19)16-13(17)7-6-10-4-2-3-5-11(10)15/h2-5,12H,6-9H2,1H3,(H,16,17)(H,18,19). The quantitative estimate of drug-likeness (QED) is 0.756. The highest BCUT2D eigenvalue weighted by Gasteiger charge is 2.19. The summed E-state index contributed by atoms with van der Waals surface area (Å²) in [6.45, 7) is 0.293. The van der Waals surface area contributed by atoms with E-state index >= 15 is 0 Å². The molecule has 1 unspecified atom stereocenters. The smallest absolute Gasteiger partial charge is 0.326 e. The van der Waals surface area contributed by atoms with E-state index in [-0.39, 0.29) is 18.7 Å². The van der Waals surface area contributed by atoms with Gasteiger partial charge in [-0.2, -0.15) is 0 Å². The van der Waals surface area contributed by atoms with Crippen molar-refractivity contribution in [1.82, 2.24) is 5.32 Å². The van der Waals surface area contributed by atoms with Crippen LogP contribution in [0.2, 0.25) is 0 Å². The molecule has 6 heteroatoms. The molecule has 0 aliphatic carbocycles. The second kappa shape index (κ2) is 8.71. The molecule has 0 radical (unpaired) electrons. The minimum Gasteiger partial charge on any atom is -0.480 e. The van der Waals surface area contributed by atoms with Crippen LogP contribution in [0.3, 0.4) is 0 Å². The largest absolute Gasteiger partial charge is 0.480 e. The highest BCUT2D eigenvalue weighted by Crippen LogP contribution is 2.17. The first-order chi connectivity index (χ1) is 9.54. The van der Waals surface area contributed by atoms with Gasteiger partial charge in [0.1, 0.15) is 6.04 Å².